The summed E-state index contributed by atoms with van der Waals surface area (Å²) in [6.07, 6.45) is 10.8. The van der Waals surface area contributed by atoms with Crippen LogP contribution >= 0.6 is 0 Å². The summed E-state index contributed by atoms with van der Waals surface area (Å²) in [5.74, 6) is 1.81. The van der Waals surface area contributed by atoms with E-state index in [9.17, 15) is 4.79 Å². The molecule has 0 N–H and O–H groups in total. The lowest BCUT2D eigenvalue weighted by Crippen LogP contribution is -2.41. The van der Waals surface area contributed by atoms with Crippen LogP contribution in [0.1, 0.15) is 85.5 Å². The van der Waals surface area contributed by atoms with Crippen LogP contribution in [0.25, 0.3) is 0 Å². The van der Waals surface area contributed by atoms with Crippen LogP contribution in [0.5, 0.6) is 0 Å². The zero-order valence-electron chi connectivity index (χ0n) is 14.2. The van der Waals surface area contributed by atoms with Gasteiger partial charge in [0.25, 0.3) is 0 Å². The molecule has 1 aliphatic heterocycles. The monoisotopic (exact) mass is 281 g/mol. The topological polar surface area (TPSA) is 20.3 Å². The van der Waals surface area contributed by atoms with Crippen LogP contribution in [0.2, 0.25) is 0 Å². The third-order valence-electron chi connectivity index (χ3n) is 4.87. The van der Waals surface area contributed by atoms with Gasteiger partial charge in [0.15, 0.2) is 0 Å². The Hall–Kier alpha value is -0.530. The number of amides is 1. The maximum atomic E-state index is 12.1. The molecule has 118 valence electrons. The molecule has 20 heavy (non-hydrogen) atoms. The second-order valence-electron chi connectivity index (χ2n) is 6.86. The van der Waals surface area contributed by atoms with E-state index in [4.69, 9.17) is 0 Å². The van der Waals surface area contributed by atoms with Gasteiger partial charge in [0.1, 0.15) is 0 Å². The Labute approximate surface area is 126 Å². The number of nitrogens with zero attached hydrogens (tertiary/aromatic N) is 1. The van der Waals surface area contributed by atoms with Gasteiger partial charge in [-0.2, -0.15) is 0 Å². The average Bonchev–Trinajstić information content (AvgIpc) is 2.85. The molecule has 0 saturated carbocycles. The van der Waals surface area contributed by atoms with Crippen molar-refractivity contribution in [3.8, 4) is 0 Å². The molecule has 3 unspecified atom stereocenters. The Balaban J connectivity index is 2.60. The first-order chi connectivity index (χ1) is 9.60. The molecule has 0 bridgehead atoms. The second-order valence-corrected chi connectivity index (χ2v) is 6.86. The van der Waals surface area contributed by atoms with Crippen molar-refractivity contribution in [1.29, 1.82) is 0 Å². The van der Waals surface area contributed by atoms with E-state index < -0.39 is 0 Å². The highest BCUT2D eigenvalue weighted by atomic mass is 16.2. The van der Waals surface area contributed by atoms with Crippen LogP contribution in [0, 0.1) is 11.8 Å². The quantitative estimate of drug-likeness (QED) is 0.550. The molecule has 3 atom stereocenters. The number of likely N-dealkylation sites (tertiary alicyclic amines) is 1. The van der Waals surface area contributed by atoms with E-state index in [1.165, 1.54) is 44.9 Å². The smallest absolute Gasteiger partial charge is 0.222 e. The van der Waals surface area contributed by atoms with Gasteiger partial charge in [0.2, 0.25) is 5.91 Å². The summed E-state index contributed by atoms with van der Waals surface area (Å²) in [5.41, 5.74) is 0. The predicted octanol–water partition coefficient (Wildman–Crippen LogP) is 5.02. The summed E-state index contributed by atoms with van der Waals surface area (Å²) >= 11 is 0. The third-order valence-corrected chi connectivity index (χ3v) is 4.87. The molecule has 0 aromatic rings. The first-order valence-corrected chi connectivity index (χ1v) is 8.89. The summed E-state index contributed by atoms with van der Waals surface area (Å²) in [7, 11) is 0. The first-order valence-electron chi connectivity index (χ1n) is 8.89. The molecule has 0 radical (unpaired) electrons. The Kier molecular flexibility index (Phi) is 8.25. The molecule has 0 aromatic carbocycles. The fourth-order valence-corrected chi connectivity index (χ4v) is 3.49. The SMILES string of the molecule is CCCCC(C)CC(C(C)CCCC)N1CCCC1=O. The summed E-state index contributed by atoms with van der Waals surface area (Å²) < 4.78 is 0. The number of carbonyl (C=O) groups excluding carboxylic acids is 1. The van der Waals surface area contributed by atoms with E-state index in [0.717, 1.165) is 25.3 Å². The molecule has 1 amide bonds. The van der Waals surface area contributed by atoms with Crippen molar-refractivity contribution in [3.05, 3.63) is 0 Å². The average molecular weight is 281 g/mol. The zero-order chi connectivity index (χ0) is 15.0. The molecule has 0 aromatic heterocycles. The van der Waals surface area contributed by atoms with Gasteiger partial charge >= 0.3 is 0 Å². The Morgan fingerprint density at radius 1 is 1.10 bits per heavy atom. The minimum atomic E-state index is 0.404. The van der Waals surface area contributed by atoms with Gasteiger partial charge in [-0.3, -0.25) is 4.79 Å². The van der Waals surface area contributed by atoms with Gasteiger partial charge in [-0.15, -0.1) is 0 Å². The number of hydrogen-bond donors (Lipinski definition) is 0. The standard InChI is InChI=1S/C18H35NO/c1-5-7-10-15(3)14-17(16(4)11-8-6-2)19-13-9-12-18(19)20/h15-17H,5-14H2,1-4H3. The fourth-order valence-electron chi connectivity index (χ4n) is 3.49. The van der Waals surface area contributed by atoms with Gasteiger partial charge in [-0.1, -0.05) is 59.8 Å². The summed E-state index contributed by atoms with van der Waals surface area (Å²) in [6, 6.07) is 0.489. The molecule has 1 heterocycles. The highest BCUT2D eigenvalue weighted by Crippen LogP contribution is 2.29. The molecule has 1 saturated heterocycles. The number of hydrogen-bond acceptors (Lipinski definition) is 1. The van der Waals surface area contributed by atoms with Crippen molar-refractivity contribution < 1.29 is 4.79 Å². The third kappa shape index (κ3) is 5.46. The largest absolute Gasteiger partial charge is 0.339 e. The van der Waals surface area contributed by atoms with Crippen LogP contribution in [0.3, 0.4) is 0 Å². The Morgan fingerprint density at radius 3 is 2.30 bits per heavy atom. The molecule has 0 spiro atoms. The van der Waals surface area contributed by atoms with E-state index in [0.29, 0.717) is 17.9 Å². The van der Waals surface area contributed by atoms with Crippen molar-refractivity contribution in [1.82, 2.24) is 4.90 Å². The van der Waals surface area contributed by atoms with Gasteiger partial charge in [-0.25, -0.2) is 0 Å². The number of carbonyl (C=O) groups is 1. The summed E-state index contributed by atoms with van der Waals surface area (Å²) in [6.45, 7) is 10.2. The molecular formula is C18H35NO. The highest BCUT2D eigenvalue weighted by Gasteiger charge is 2.31. The molecular weight excluding hydrogens is 246 g/mol. The zero-order valence-corrected chi connectivity index (χ0v) is 14.2. The highest BCUT2D eigenvalue weighted by molar-refractivity contribution is 5.78. The predicted molar refractivity (Wildman–Crippen MR) is 86.7 cm³/mol. The lowest BCUT2D eigenvalue weighted by Gasteiger charge is -2.35. The summed E-state index contributed by atoms with van der Waals surface area (Å²) in [5, 5.41) is 0. The Morgan fingerprint density at radius 2 is 1.75 bits per heavy atom. The van der Waals surface area contributed by atoms with Crippen molar-refractivity contribution in [2.75, 3.05) is 6.54 Å². The minimum absolute atomic E-state index is 0.404. The first kappa shape index (κ1) is 17.5. The van der Waals surface area contributed by atoms with Crippen LogP contribution in [0.4, 0.5) is 0 Å². The van der Waals surface area contributed by atoms with Crippen molar-refractivity contribution >= 4 is 5.91 Å². The molecule has 1 rings (SSSR count). The maximum Gasteiger partial charge on any atom is 0.222 e. The van der Waals surface area contributed by atoms with Crippen LogP contribution in [0.15, 0.2) is 0 Å². The van der Waals surface area contributed by atoms with E-state index in [1.807, 2.05) is 0 Å². The second kappa shape index (κ2) is 9.41. The normalized spacial score (nSPS) is 20.2. The molecule has 2 nitrogen and oxygen atoms in total. The molecule has 1 aliphatic rings. The molecule has 2 heteroatoms. The number of rotatable bonds is 10. The molecule has 1 fully saturated rings. The van der Waals surface area contributed by atoms with Crippen molar-refractivity contribution in [3.63, 3.8) is 0 Å². The van der Waals surface area contributed by atoms with E-state index >= 15 is 0 Å². The van der Waals surface area contributed by atoms with Crippen LogP contribution in [-0.4, -0.2) is 23.4 Å². The van der Waals surface area contributed by atoms with Crippen LogP contribution in [-0.2, 0) is 4.79 Å². The van der Waals surface area contributed by atoms with Gasteiger partial charge in [-0.05, 0) is 31.1 Å². The lowest BCUT2D eigenvalue weighted by atomic mass is 9.86. The van der Waals surface area contributed by atoms with Crippen LogP contribution < -0.4 is 0 Å². The Bertz CT molecular complexity index is 277. The van der Waals surface area contributed by atoms with Crippen molar-refractivity contribution in [2.45, 2.75) is 91.5 Å². The lowest BCUT2D eigenvalue weighted by molar-refractivity contribution is -0.131. The van der Waals surface area contributed by atoms with Gasteiger partial charge in [0, 0.05) is 19.0 Å². The van der Waals surface area contributed by atoms with E-state index in [1.54, 1.807) is 0 Å². The van der Waals surface area contributed by atoms with Gasteiger partial charge in [0.05, 0.1) is 0 Å². The van der Waals surface area contributed by atoms with Gasteiger partial charge < -0.3 is 4.90 Å². The van der Waals surface area contributed by atoms with E-state index in [2.05, 4.69) is 32.6 Å². The van der Waals surface area contributed by atoms with E-state index in [-0.39, 0.29) is 0 Å². The fraction of sp³-hybridized carbons (Fsp3) is 0.944. The van der Waals surface area contributed by atoms with Crippen molar-refractivity contribution in [2.24, 2.45) is 11.8 Å². The number of unbranched alkanes of at least 4 members (excludes halogenated alkanes) is 2. The molecule has 0 aliphatic carbocycles. The summed E-state index contributed by atoms with van der Waals surface area (Å²) in [4.78, 5) is 14.3. The minimum Gasteiger partial charge on any atom is -0.339 e. The maximum absolute atomic E-state index is 12.1.